The van der Waals surface area contributed by atoms with Crippen molar-refractivity contribution in [2.75, 3.05) is 7.11 Å². The molecule has 4 heteroatoms. The minimum absolute atomic E-state index is 0.117. The van der Waals surface area contributed by atoms with Crippen molar-refractivity contribution in [3.8, 4) is 0 Å². The third-order valence-electron chi connectivity index (χ3n) is 3.65. The highest BCUT2D eigenvalue weighted by atomic mass is 79.9. The van der Waals surface area contributed by atoms with Gasteiger partial charge in [-0.25, -0.2) is 0 Å². The third kappa shape index (κ3) is 4.56. The average Bonchev–Trinajstić information content (AvgIpc) is 2.36. The maximum Gasteiger partial charge on any atom is 0.0623 e. The van der Waals surface area contributed by atoms with E-state index in [1.807, 2.05) is 0 Å². The Hall–Kier alpha value is -0.420. The van der Waals surface area contributed by atoms with Crippen LogP contribution in [-0.2, 0) is 4.74 Å². The zero-order valence-corrected chi connectivity index (χ0v) is 14.1. The minimum atomic E-state index is -0.117. The smallest absolute Gasteiger partial charge is 0.0623 e. The molecule has 0 saturated carbocycles. The highest BCUT2D eigenvalue weighted by molar-refractivity contribution is 9.10. The Bertz CT molecular complexity index is 409. The van der Waals surface area contributed by atoms with E-state index >= 15 is 0 Å². The molecule has 0 aliphatic heterocycles. The summed E-state index contributed by atoms with van der Waals surface area (Å²) < 4.78 is 6.63. The summed E-state index contributed by atoms with van der Waals surface area (Å²) >= 11 is 3.59. The van der Waals surface area contributed by atoms with Crippen molar-refractivity contribution in [3.63, 3.8) is 0 Å². The lowest BCUT2D eigenvalue weighted by Crippen LogP contribution is -2.31. The van der Waals surface area contributed by atoms with Crippen LogP contribution in [0.1, 0.15) is 49.4 Å². The standard InChI is InChI=1S/C15H25BrN2O/c1-10-8-12(9-11(2)14(10)16)13(18-17)6-7-15(3,4)19-5/h8-9,13,18H,6-7,17H2,1-5H3. The molecule has 0 bridgehead atoms. The summed E-state index contributed by atoms with van der Waals surface area (Å²) in [5.41, 5.74) is 6.51. The van der Waals surface area contributed by atoms with Crippen molar-refractivity contribution in [3.05, 3.63) is 33.3 Å². The molecule has 19 heavy (non-hydrogen) atoms. The van der Waals surface area contributed by atoms with Gasteiger partial charge in [0, 0.05) is 17.6 Å². The minimum Gasteiger partial charge on any atom is -0.379 e. The number of hydrazine groups is 1. The van der Waals surface area contributed by atoms with E-state index < -0.39 is 0 Å². The van der Waals surface area contributed by atoms with Gasteiger partial charge in [-0.1, -0.05) is 28.1 Å². The number of hydrogen-bond acceptors (Lipinski definition) is 3. The lowest BCUT2D eigenvalue weighted by atomic mass is 9.93. The van der Waals surface area contributed by atoms with Gasteiger partial charge in [0.2, 0.25) is 0 Å². The Morgan fingerprint density at radius 2 is 1.84 bits per heavy atom. The van der Waals surface area contributed by atoms with E-state index in [1.54, 1.807) is 7.11 Å². The molecular weight excluding hydrogens is 304 g/mol. The molecule has 0 saturated heterocycles. The predicted molar refractivity (Wildman–Crippen MR) is 84.0 cm³/mol. The number of benzene rings is 1. The Labute approximate surface area is 125 Å². The summed E-state index contributed by atoms with van der Waals surface area (Å²) in [4.78, 5) is 0. The van der Waals surface area contributed by atoms with Crippen LogP contribution in [0.15, 0.2) is 16.6 Å². The van der Waals surface area contributed by atoms with E-state index in [4.69, 9.17) is 10.6 Å². The van der Waals surface area contributed by atoms with Gasteiger partial charge in [-0.15, -0.1) is 0 Å². The van der Waals surface area contributed by atoms with Crippen molar-refractivity contribution < 1.29 is 4.74 Å². The molecule has 1 aromatic carbocycles. The first-order valence-electron chi connectivity index (χ1n) is 6.58. The number of aryl methyl sites for hydroxylation is 2. The van der Waals surface area contributed by atoms with Crippen LogP contribution in [0, 0.1) is 13.8 Å². The topological polar surface area (TPSA) is 47.3 Å². The Morgan fingerprint density at radius 3 is 2.26 bits per heavy atom. The molecule has 1 unspecified atom stereocenters. The molecule has 3 N–H and O–H groups in total. The van der Waals surface area contributed by atoms with Gasteiger partial charge in [0.1, 0.15) is 0 Å². The molecule has 0 heterocycles. The molecule has 1 aromatic rings. The highest BCUT2D eigenvalue weighted by Crippen LogP contribution is 2.29. The van der Waals surface area contributed by atoms with E-state index in [0.717, 1.165) is 12.8 Å². The average molecular weight is 329 g/mol. The summed E-state index contributed by atoms with van der Waals surface area (Å²) in [7, 11) is 1.75. The molecule has 0 fully saturated rings. The zero-order chi connectivity index (χ0) is 14.6. The van der Waals surface area contributed by atoms with E-state index in [0.29, 0.717) is 0 Å². The van der Waals surface area contributed by atoms with Crippen LogP contribution in [0.2, 0.25) is 0 Å². The normalized spacial score (nSPS) is 13.6. The maximum atomic E-state index is 5.71. The van der Waals surface area contributed by atoms with Gasteiger partial charge in [-0.05, 0) is 57.2 Å². The van der Waals surface area contributed by atoms with Crippen molar-refractivity contribution in [2.45, 2.75) is 52.2 Å². The molecule has 1 atom stereocenters. The molecule has 0 radical (unpaired) electrons. The van der Waals surface area contributed by atoms with Gasteiger partial charge >= 0.3 is 0 Å². The second kappa shape index (κ2) is 6.84. The lowest BCUT2D eigenvalue weighted by Gasteiger charge is -2.26. The lowest BCUT2D eigenvalue weighted by molar-refractivity contribution is 0.0117. The molecule has 3 nitrogen and oxygen atoms in total. The first-order valence-corrected chi connectivity index (χ1v) is 7.38. The monoisotopic (exact) mass is 328 g/mol. The SMILES string of the molecule is COC(C)(C)CCC(NN)c1cc(C)c(Br)c(C)c1. The maximum absolute atomic E-state index is 5.71. The third-order valence-corrected chi connectivity index (χ3v) is 4.90. The van der Waals surface area contributed by atoms with E-state index in [9.17, 15) is 0 Å². The summed E-state index contributed by atoms with van der Waals surface area (Å²) in [6.07, 6.45) is 1.89. The number of nitrogens with two attached hydrogens (primary N) is 1. The Kier molecular flexibility index (Phi) is 5.99. The van der Waals surface area contributed by atoms with Crippen molar-refractivity contribution in [1.82, 2.24) is 5.43 Å². The molecular formula is C15H25BrN2O. The van der Waals surface area contributed by atoms with Crippen molar-refractivity contribution in [2.24, 2.45) is 5.84 Å². The van der Waals surface area contributed by atoms with Crippen LogP contribution in [-0.4, -0.2) is 12.7 Å². The van der Waals surface area contributed by atoms with Crippen LogP contribution in [0.4, 0.5) is 0 Å². The number of rotatable bonds is 6. The quantitative estimate of drug-likeness (QED) is 0.617. The van der Waals surface area contributed by atoms with E-state index in [2.05, 4.69) is 61.2 Å². The van der Waals surface area contributed by atoms with Crippen LogP contribution in [0.25, 0.3) is 0 Å². The Balaban J connectivity index is 2.86. The van der Waals surface area contributed by atoms with Crippen molar-refractivity contribution >= 4 is 15.9 Å². The van der Waals surface area contributed by atoms with Crippen LogP contribution in [0.3, 0.4) is 0 Å². The largest absolute Gasteiger partial charge is 0.379 e. The molecule has 1 rings (SSSR count). The summed E-state index contributed by atoms with van der Waals surface area (Å²) in [5.74, 6) is 5.71. The number of halogens is 1. The fraction of sp³-hybridized carbons (Fsp3) is 0.600. The van der Waals surface area contributed by atoms with Crippen molar-refractivity contribution in [1.29, 1.82) is 0 Å². The Morgan fingerprint density at radius 1 is 1.32 bits per heavy atom. The zero-order valence-electron chi connectivity index (χ0n) is 12.5. The fourth-order valence-electron chi connectivity index (χ4n) is 2.12. The van der Waals surface area contributed by atoms with Crippen LogP contribution < -0.4 is 11.3 Å². The fourth-order valence-corrected chi connectivity index (χ4v) is 2.35. The van der Waals surface area contributed by atoms with E-state index in [1.165, 1.54) is 21.2 Å². The first kappa shape index (κ1) is 16.6. The van der Waals surface area contributed by atoms with Crippen LogP contribution in [0.5, 0.6) is 0 Å². The molecule has 108 valence electrons. The highest BCUT2D eigenvalue weighted by Gasteiger charge is 2.20. The van der Waals surface area contributed by atoms with Gasteiger partial charge in [0.25, 0.3) is 0 Å². The summed E-state index contributed by atoms with van der Waals surface area (Å²) in [6, 6.07) is 4.52. The molecule has 0 aliphatic rings. The van der Waals surface area contributed by atoms with Crippen LogP contribution >= 0.6 is 15.9 Å². The van der Waals surface area contributed by atoms with Gasteiger partial charge < -0.3 is 4.74 Å². The molecule has 0 aromatic heterocycles. The number of nitrogens with one attached hydrogen (secondary N) is 1. The van der Waals surface area contributed by atoms with E-state index in [-0.39, 0.29) is 11.6 Å². The van der Waals surface area contributed by atoms with Gasteiger partial charge in [-0.3, -0.25) is 11.3 Å². The molecule has 0 aliphatic carbocycles. The van der Waals surface area contributed by atoms with Gasteiger partial charge in [0.05, 0.1) is 5.60 Å². The number of hydrogen-bond donors (Lipinski definition) is 2. The molecule has 0 spiro atoms. The number of ether oxygens (including phenoxy) is 1. The van der Waals surface area contributed by atoms with Gasteiger partial charge in [0.15, 0.2) is 0 Å². The predicted octanol–water partition coefficient (Wildman–Crippen LogP) is 3.78. The first-order chi connectivity index (χ1) is 8.80. The second-order valence-corrected chi connectivity index (χ2v) is 6.48. The van der Waals surface area contributed by atoms with Gasteiger partial charge in [-0.2, -0.15) is 0 Å². The number of methoxy groups -OCH3 is 1. The summed E-state index contributed by atoms with van der Waals surface area (Å²) in [5, 5.41) is 0. The summed E-state index contributed by atoms with van der Waals surface area (Å²) in [6.45, 7) is 8.40. The second-order valence-electron chi connectivity index (χ2n) is 5.69. The molecule has 0 amide bonds.